The highest BCUT2D eigenvalue weighted by atomic mass is 31.2. The van der Waals surface area contributed by atoms with Gasteiger partial charge in [-0.05, 0) is 12.8 Å². The molecule has 15 atom stereocenters. The summed E-state index contributed by atoms with van der Waals surface area (Å²) in [7, 11) is -5.39. The first-order valence-electron chi connectivity index (χ1n) is 29.1. The molecular weight excluding hydrogens is 966 g/mol. The Balaban J connectivity index is 1.89. The molecule has 1 heterocycles. The van der Waals surface area contributed by atoms with Crippen LogP contribution in [0.2, 0.25) is 0 Å². The summed E-state index contributed by atoms with van der Waals surface area (Å²) in [6, 6.07) is -1.31. The quantitative estimate of drug-likeness (QED) is 0.0215. The zero-order chi connectivity index (χ0) is 53.9. The summed E-state index contributed by atoms with van der Waals surface area (Å²) in [6.45, 7) is 2.80. The van der Waals surface area contributed by atoms with Crippen LogP contribution in [0.15, 0.2) is 0 Å². The van der Waals surface area contributed by atoms with Crippen LogP contribution < -0.4 is 5.32 Å². The summed E-state index contributed by atoms with van der Waals surface area (Å²) in [5, 5.41) is 108. The molecule has 2 aliphatic rings. The molecule has 2 unspecified atom stereocenters. The molecule has 434 valence electrons. The van der Waals surface area contributed by atoms with Crippen LogP contribution >= 0.6 is 7.82 Å². The molecule has 0 aromatic heterocycles. The molecule has 0 spiro atoms. The standard InChI is InChI=1S/C54H106NO17P/c1-3-5-7-9-11-13-15-17-18-19-20-21-22-23-25-27-29-31-33-35-37-42(58)53(66)55-40(41(57)36-34-32-30-28-26-24-16-14-12-10-8-6-4-2)39-69-73(67,68)72-52-49(64)47(62)46(61)48(63)51(52)71-54-50(65)45(60)44(59)43(38-56)70-54/h40-52,54,56-65H,3-39H2,1-2H3,(H,55,66)(H,67,68)/t40-,41+,42?,43+,44+,45-,46+,47+,48-,49+,50-,51+,52+,54-/m0/s1. The van der Waals surface area contributed by atoms with E-state index < -0.39 is 113 Å². The predicted octanol–water partition coefficient (Wildman–Crippen LogP) is 7.03. The van der Waals surface area contributed by atoms with Gasteiger partial charge in [-0.25, -0.2) is 4.57 Å². The van der Waals surface area contributed by atoms with Crippen LogP contribution in [0.3, 0.4) is 0 Å². The third-order valence-corrected chi connectivity index (χ3v) is 15.9. The lowest BCUT2D eigenvalue weighted by Gasteiger charge is -2.47. The fourth-order valence-corrected chi connectivity index (χ4v) is 10.9. The van der Waals surface area contributed by atoms with Crippen molar-refractivity contribution in [2.24, 2.45) is 0 Å². The molecule has 1 aliphatic carbocycles. The number of nitrogens with one attached hydrogen (secondary N) is 1. The van der Waals surface area contributed by atoms with Crippen molar-refractivity contribution in [1.29, 1.82) is 0 Å². The fourth-order valence-electron chi connectivity index (χ4n) is 9.98. The van der Waals surface area contributed by atoms with Crippen LogP contribution in [-0.4, -0.2) is 161 Å². The van der Waals surface area contributed by atoms with Gasteiger partial charge in [0.15, 0.2) is 6.29 Å². The van der Waals surface area contributed by atoms with Crippen molar-refractivity contribution in [3.05, 3.63) is 0 Å². The van der Waals surface area contributed by atoms with Crippen LogP contribution in [0.25, 0.3) is 0 Å². The number of unbranched alkanes of at least 4 members (excludes halogenated alkanes) is 31. The molecule has 1 saturated heterocycles. The monoisotopic (exact) mass is 1070 g/mol. The second kappa shape index (κ2) is 41.2. The summed E-state index contributed by atoms with van der Waals surface area (Å²) >= 11 is 0. The van der Waals surface area contributed by atoms with Gasteiger partial charge in [-0.1, -0.05) is 226 Å². The van der Waals surface area contributed by atoms with E-state index in [-0.39, 0.29) is 12.8 Å². The smallest absolute Gasteiger partial charge is 0.394 e. The van der Waals surface area contributed by atoms with Gasteiger partial charge < -0.3 is 70.7 Å². The zero-order valence-electron chi connectivity index (χ0n) is 45.1. The lowest BCUT2D eigenvalue weighted by atomic mass is 9.84. The summed E-state index contributed by atoms with van der Waals surface area (Å²) in [5.41, 5.74) is 0. The van der Waals surface area contributed by atoms with Crippen LogP contribution in [0.1, 0.15) is 239 Å². The first-order valence-corrected chi connectivity index (χ1v) is 30.6. The van der Waals surface area contributed by atoms with Gasteiger partial charge in [-0.15, -0.1) is 0 Å². The second-order valence-electron chi connectivity index (χ2n) is 21.3. The number of aliphatic hydroxyl groups excluding tert-OH is 10. The molecule has 2 rings (SSSR count). The predicted molar refractivity (Wildman–Crippen MR) is 280 cm³/mol. The van der Waals surface area contributed by atoms with Crippen molar-refractivity contribution >= 4 is 13.7 Å². The molecule has 19 heteroatoms. The number of phosphoric ester groups is 1. The molecule has 0 radical (unpaired) electrons. The van der Waals surface area contributed by atoms with E-state index in [0.29, 0.717) is 12.8 Å². The minimum Gasteiger partial charge on any atom is -0.394 e. The Morgan fingerprint density at radius 1 is 0.507 bits per heavy atom. The second-order valence-corrected chi connectivity index (χ2v) is 22.7. The van der Waals surface area contributed by atoms with E-state index >= 15 is 0 Å². The van der Waals surface area contributed by atoms with E-state index in [1.807, 2.05) is 0 Å². The molecule has 1 aliphatic heterocycles. The Kier molecular flexibility index (Phi) is 38.5. The van der Waals surface area contributed by atoms with Crippen LogP contribution in [0.4, 0.5) is 0 Å². The Morgan fingerprint density at radius 2 is 0.863 bits per heavy atom. The minimum atomic E-state index is -5.39. The number of hydrogen-bond acceptors (Lipinski definition) is 16. The fraction of sp³-hybridized carbons (Fsp3) is 0.981. The molecule has 12 N–H and O–H groups in total. The highest BCUT2D eigenvalue weighted by Gasteiger charge is 2.55. The SMILES string of the molecule is CCCCCCCCCCCCCCCCCCCCCCC(O)C(=O)N[C@@H](COP(=O)(O)O[C@@H]1[C@H](O)[C@H](O)[C@@H](O)[C@H](O)[C@H]1O[C@@H]1O[C@H](CO)[C@@H](O)[C@H](O)[C@@H]1O)[C@H](O)CCCCCCCCCCCCCCC. The topological polar surface area (TPSA) is 306 Å². The molecule has 73 heavy (non-hydrogen) atoms. The number of phosphoric acid groups is 1. The number of hydrogen-bond donors (Lipinski definition) is 12. The van der Waals surface area contributed by atoms with Gasteiger partial charge >= 0.3 is 7.82 Å². The molecule has 0 bridgehead atoms. The van der Waals surface area contributed by atoms with Gasteiger partial charge in [-0.3, -0.25) is 13.8 Å². The van der Waals surface area contributed by atoms with Gasteiger partial charge in [0, 0.05) is 0 Å². The van der Waals surface area contributed by atoms with Gasteiger partial charge in [0.1, 0.15) is 67.1 Å². The maximum atomic E-state index is 13.5. The lowest BCUT2D eigenvalue weighted by Crippen LogP contribution is -2.67. The molecular formula is C54H106NO17P. The van der Waals surface area contributed by atoms with Crippen molar-refractivity contribution < 1.29 is 83.8 Å². The van der Waals surface area contributed by atoms with E-state index in [1.54, 1.807) is 0 Å². The first kappa shape index (κ1) is 68.2. The number of amides is 1. The van der Waals surface area contributed by atoms with Crippen molar-refractivity contribution in [3.8, 4) is 0 Å². The highest BCUT2D eigenvalue weighted by molar-refractivity contribution is 7.47. The summed E-state index contributed by atoms with van der Waals surface area (Å²) < 4.78 is 34.9. The third kappa shape index (κ3) is 28.5. The minimum absolute atomic E-state index is 0.167. The molecule has 18 nitrogen and oxygen atoms in total. The lowest BCUT2D eigenvalue weighted by molar-refractivity contribution is -0.338. The normalized spacial score (nSPS) is 27.7. The first-order chi connectivity index (χ1) is 35.1. The number of carbonyl (C=O) groups is 1. The molecule has 2 fully saturated rings. The highest BCUT2D eigenvalue weighted by Crippen LogP contribution is 2.48. The van der Waals surface area contributed by atoms with Crippen LogP contribution in [-0.2, 0) is 27.9 Å². The Bertz CT molecular complexity index is 1390. The van der Waals surface area contributed by atoms with Crippen LogP contribution in [0.5, 0.6) is 0 Å². The van der Waals surface area contributed by atoms with Crippen molar-refractivity contribution in [2.45, 2.75) is 324 Å². The Morgan fingerprint density at radius 3 is 1.26 bits per heavy atom. The zero-order valence-corrected chi connectivity index (χ0v) is 46.0. The maximum absolute atomic E-state index is 13.5. The summed E-state index contributed by atoms with van der Waals surface area (Å²) in [4.78, 5) is 24.3. The van der Waals surface area contributed by atoms with E-state index in [2.05, 4.69) is 19.2 Å². The van der Waals surface area contributed by atoms with Crippen molar-refractivity contribution in [1.82, 2.24) is 5.32 Å². The Labute approximate surface area is 439 Å². The average molecular weight is 1070 g/mol. The molecule has 0 aromatic carbocycles. The summed E-state index contributed by atoms with van der Waals surface area (Å²) in [5.74, 6) is -0.805. The van der Waals surface area contributed by atoms with Crippen molar-refractivity contribution in [2.75, 3.05) is 13.2 Å². The number of rotatable bonds is 46. The van der Waals surface area contributed by atoms with Gasteiger partial charge in [-0.2, -0.15) is 0 Å². The van der Waals surface area contributed by atoms with Crippen LogP contribution in [0, 0.1) is 0 Å². The third-order valence-electron chi connectivity index (χ3n) is 14.9. The van der Waals surface area contributed by atoms with Crippen molar-refractivity contribution in [3.63, 3.8) is 0 Å². The largest absolute Gasteiger partial charge is 0.472 e. The van der Waals surface area contributed by atoms with E-state index in [1.165, 1.54) is 148 Å². The average Bonchev–Trinajstić information content (AvgIpc) is 3.37. The van der Waals surface area contributed by atoms with E-state index in [9.17, 15) is 65.3 Å². The molecule has 1 amide bonds. The molecule has 1 saturated carbocycles. The number of carbonyl (C=O) groups excluding carboxylic acids is 1. The van der Waals surface area contributed by atoms with Gasteiger partial charge in [0.2, 0.25) is 5.91 Å². The molecule has 0 aromatic rings. The maximum Gasteiger partial charge on any atom is 0.472 e. The summed E-state index contributed by atoms with van der Waals surface area (Å²) in [6.07, 6.45) is 14.7. The van der Waals surface area contributed by atoms with E-state index in [0.717, 1.165) is 51.4 Å². The van der Waals surface area contributed by atoms with Gasteiger partial charge in [0.05, 0.1) is 25.4 Å². The Hall–Kier alpha value is -0.900. The number of aliphatic hydroxyl groups is 10. The number of ether oxygens (including phenoxy) is 2. The van der Waals surface area contributed by atoms with Gasteiger partial charge in [0.25, 0.3) is 0 Å². The van der Waals surface area contributed by atoms with E-state index in [4.69, 9.17) is 18.5 Å².